The van der Waals surface area contributed by atoms with Gasteiger partial charge in [-0.15, -0.1) is 0 Å². The first-order valence-corrected chi connectivity index (χ1v) is 10.1. The monoisotopic (exact) mass is 446 g/mol. The first-order chi connectivity index (χ1) is 14.3. The van der Waals surface area contributed by atoms with E-state index in [2.05, 4.69) is 16.0 Å². The summed E-state index contributed by atoms with van der Waals surface area (Å²) in [4.78, 5) is 59.5. The SMILES string of the molecule is CCC(C)C(NC(=O)C(N)CC(=O)O)C(=O)NC(CC(C)C)C(=O)NC(CO)C(=O)O. The van der Waals surface area contributed by atoms with E-state index in [1.54, 1.807) is 27.7 Å². The maximum Gasteiger partial charge on any atom is 0.328 e. The van der Waals surface area contributed by atoms with Crippen LogP contribution in [-0.4, -0.2) is 75.8 Å². The number of carbonyl (C=O) groups excluding carboxylic acids is 3. The standard InChI is InChI=1S/C19H34N4O8/c1-5-10(4)15(23-16(27)11(20)7-14(25)26)18(29)21-12(6-9(2)3)17(28)22-13(8-24)19(30)31/h9-13,15,24H,5-8,20H2,1-4H3,(H,21,29)(H,22,28)(H,23,27)(H,25,26)(H,30,31). The molecular formula is C19H34N4O8. The minimum Gasteiger partial charge on any atom is -0.481 e. The van der Waals surface area contributed by atoms with Gasteiger partial charge in [0.15, 0.2) is 0 Å². The molecule has 0 saturated carbocycles. The number of nitrogens with one attached hydrogen (secondary N) is 3. The second-order valence-corrected chi connectivity index (χ2v) is 7.85. The topological polar surface area (TPSA) is 208 Å². The average Bonchev–Trinajstić information content (AvgIpc) is 2.67. The van der Waals surface area contributed by atoms with Crippen LogP contribution < -0.4 is 21.7 Å². The van der Waals surface area contributed by atoms with E-state index in [1.807, 2.05) is 0 Å². The summed E-state index contributed by atoms with van der Waals surface area (Å²) < 4.78 is 0. The van der Waals surface area contributed by atoms with Gasteiger partial charge in [-0.05, 0) is 18.3 Å². The Labute approximate surface area is 180 Å². The molecule has 0 aliphatic carbocycles. The van der Waals surface area contributed by atoms with Crippen LogP contribution in [0.15, 0.2) is 0 Å². The Morgan fingerprint density at radius 2 is 1.42 bits per heavy atom. The highest BCUT2D eigenvalue weighted by atomic mass is 16.4. The average molecular weight is 447 g/mol. The molecule has 0 heterocycles. The van der Waals surface area contributed by atoms with Crippen LogP contribution in [0.4, 0.5) is 0 Å². The van der Waals surface area contributed by atoms with Gasteiger partial charge in [0, 0.05) is 0 Å². The zero-order valence-corrected chi connectivity index (χ0v) is 18.3. The predicted molar refractivity (Wildman–Crippen MR) is 110 cm³/mol. The number of carboxylic acids is 2. The lowest BCUT2D eigenvalue weighted by Gasteiger charge is -2.28. The van der Waals surface area contributed by atoms with Crippen molar-refractivity contribution in [1.29, 1.82) is 0 Å². The van der Waals surface area contributed by atoms with Crippen molar-refractivity contribution >= 4 is 29.7 Å². The molecule has 0 aliphatic rings. The van der Waals surface area contributed by atoms with Gasteiger partial charge in [0.2, 0.25) is 17.7 Å². The molecule has 0 aliphatic heterocycles. The fourth-order valence-corrected chi connectivity index (χ4v) is 2.67. The molecular weight excluding hydrogens is 412 g/mol. The zero-order chi connectivity index (χ0) is 24.3. The fourth-order valence-electron chi connectivity index (χ4n) is 2.67. The number of carboxylic acid groups (broad SMARTS) is 2. The summed E-state index contributed by atoms with van der Waals surface area (Å²) >= 11 is 0. The van der Waals surface area contributed by atoms with Crippen molar-refractivity contribution in [1.82, 2.24) is 16.0 Å². The van der Waals surface area contributed by atoms with Crippen molar-refractivity contribution in [3.8, 4) is 0 Å². The molecule has 5 atom stereocenters. The summed E-state index contributed by atoms with van der Waals surface area (Å²) in [5, 5.41) is 34.0. The summed E-state index contributed by atoms with van der Waals surface area (Å²) in [6, 6.07) is -5.09. The van der Waals surface area contributed by atoms with Crippen LogP contribution in [0.1, 0.15) is 47.0 Å². The van der Waals surface area contributed by atoms with Gasteiger partial charge in [0.25, 0.3) is 0 Å². The summed E-state index contributed by atoms with van der Waals surface area (Å²) in [5.41, 5.74) is 5.55. The number of hydrogen-bond donors (Lipinski definition) is 7. The van der Waals surface area contributed by atoms with Crippen LogP contribution in [0.25, 0.3) is 0 Å². The fraction of sp³-hybridized carbons (Fsp3) is 0.737. The van der Waals surface area contributed by atoms with Crippen LogP contribution in [0.3, 0.4) is 0 Å². The third kappa shape index (κ3) is 10.2. The number of amides is 3. The van der Waals surface area contributed by atoms with Crippen LogP contribution in [-0.2, 0) is 24.0 Å². The van der Waals surface area contributed by atoms with E-state index in [1.165, 1.54) is 0 Å². The number of rotatable bonds is 14. The summed E-state index contributed by atoms with van der Waals surface area (Å²) in [6.07, 6.45) is 0.0466. The zero-order valence-electron chi connectivity index (χ0n) is 18.3. The number of carbonyl (C=O) groups is 5. The van der Waals surface area contributed by atoms with Crippen LogP contribution in [0.2, 0.25) is 0 Å². The minimum absolute atomic E-state index is 0.0471. The first kappa shape index (κ1) is 28.3. The lowest BCUT2D eigenvalue weighted by Crippen LogP contribution is -2.59. The molecule has 178 valence electrons. The quantitative estimate of drug-likeness (QED) is 0.164. The van der Waals surface area contributed by atoms with Crippen molar-refractivity contribution in [2.24, 2.45) is 17.6 Å². The Kier molecular flexibility index (Phi) is 12.4. The number of aliphatic hydroxyl groups excluding tert-OH is 1. The largest absolute Gasteiger partial charge is 0.481 e. The molecule has 5 unspecified atom stereocenters. The smallest absolute Gasteiger partial charge is 0.328 e. The predicted octanol–water partition coefficient (Wildman–Crippen LogP) is -1.59. The van der Waals surface area contributed by atoms with Gasteiger partial charge in [-0.25, -0.2) is 4.79 Å². The number of aliphatic hydroxyl groups is 1. The van der Waals surface area contributed by atoms with Crippen LogP contribution >= 0.6 is 0 Å². The lowest BCUT2D eigenvalue weighted by molar-refractivity contribution is -0.143. The molecule has 0 aromatic heterocycles. The van der Waals surface area contributed by atoms with E-state index in [0.717, 1.165) is 0 Å². The Morgan fingerprint density at radius 3 is 1.84 bits per heavy atom. The van der Waals surface area contributed by atoms with Gasteiger partial charge >= 0.3 is 11.9 Å². The molecule has 12 heteroatoms. The van der Waals surface area contributed by atoms with Crippen molar-refractivity contribution in [2.75, 3.05) is 6.61 Å². The number of hydrogen-bond acceptors (Lipinski definition) is 7. The second-order valence-electron chi connectivity index (χ2n) is 7.85. The Hall–Kier alpha value is -2.73. The van der Waals surface area contributed by atoms with Crippen molar-refractivity contribution in [3.05, 3.63) is 0 Å². The van der Waals surface area contributed by atoms with E-state index in [0.29, 0.717) is 6.42 Å². The normalized spacial score (nSPS) is 15.8. The first-order valence-electron chi connectivity index (χ1n) is 10.1. The maximum absolute atomic E-state index is 12.9. The van der Waals surface area contributed by atoms with E-state index < -0.39 is 66.9 Å². The molecule has 0 aromatic rings. The summed E-state index contributed by atoms with van der Waals surface area (Å²) in [7, 11) is 0. The number of nitrogens with two attached hydrogens (primary N) is 1. The highest BCUT2D eigenvalue weighted by molar-refractivity contribution is 5.94. The molecule has 0 spiro atoms. The van der Waals surface area contributed by atoms with E-state index in [-0.39, 0.29) is 18.3 Å². The molecule has 0 fully saturated rings. The molecule has 0 rings (SSSR count). The molecule has 12 nitrogen and oxygen atoms in total. The Bertz CT molecular complexity index is 655. The highest BCUT2D eigenvalue weighted by Crippen LogP contribution is 2.11. The molecule has 3 amide bonds. The molecule has 0 radical (unpaired) electrons. The third-order valence-corrected chi connectivity index (χ3v) is 4.66. The van der Waals surface area contributed by atoms with Gasteiger partial charge in [0.05, 0.1) is 19.1 Å². The molecule has 0 saturated heterocycles. The van der Waals surface area contributed by atoms with E-state index >= 15 is 0 Å². The third-order valence-electron chi connectivity index (χ3n) is 4.66. The molecule has 8 N–H and O–H groups in total. The summed E-state index contributed by atoms with van der Waals surface area (Å²) in [6.45, 7) is 6.25. The minimum atomic E-state index is -1.53. The van der Waals surface area contributed by atoms with Gasteiger partial charge in [-0.1, -0.05) is 34.1 Å². The van der Waals surface area contributed by atoms with Crippen molar-refractivity contribution in [2.45, 2.75) is 71.1 Å². The van der Waals surface area contributed by atoms with Gasteiger partial charge in [0.1, 0.15) is 18.1 Å². The van der Waals surface area contributed by atoms with E-state index in [4.69, 9.17) is 21.1 Å². The molecule has 0 aromatic carbocycles. The van der Waals surface area contributed by atoms with Crippen LogP contribution in [0.5, 0.6) is 0 Å². The summed E-state index contributed by atoms with van der Waals surface area (Å²) in [5.74, 6) is -5.41. The Balaban J connectivity index is 5.48. The highest BCUT2D eigenvalue weighted by Gasteiger charge is 2.32. The van der Waals surface area contributed by atoms with Crippen molar-refractivity contribution < 1.29 is 39.3 Å². The van der Waals surface area contributed by atoms with E-state index in [9.17, 15) is 24.0 Å². The Morgan fingerprint density at radius 1 is 0.871 bits per heavy atom. The van der Waals surface area contributed by atoms with Gasteiger partial charge in [-0.3, -0.25) is 19.2 Å². The maximum atomic E-state index is 12.9. The van der Waals surface area contributed by atoms with Crippen LogP contribution in [0, 0.1) is 11.8 Å². The molecule has 31 heavy (non-hydrogen) atoms. The lowest BCUT2D eigenvalue weighted by atomic mass is 9.96. The second kappa shape index (κ2) is 13.5. The molecule has 0 bridgehead atoms. The van der Waals surface area contributed by atoms with Gasteiger partial charge in [-0.2, -0.15) is 0 Å². The van der Waals surface area contributed by atoms with Crippen molar-refractivity contribution in [3.63, 3.8) is 0 Å². The number of aliphatic carboxylic acids is 2. The van der Waals surface area contributed by atoms with Gasteiger partial charge < -0.3 is 37.0 Å².